The van der Waals surface area contributed by atoms with Gasteiger partial charge >= 0.3 is 0 Å². The second-order valence-corrected chi connectivity index (χ2v) is 7.38. The first kappa shape index (κ1) is 19.2. The first-order valence-corrected chi connectivity index (χ1v) is 10.3. The Hall–Kier alpha value is -3.13. The molecule has 0 radical (unpaired) electrons. The van der Waals surface area contributed by atoms with Gasteiger partial charge in [-0.25, -0.2) is 0 Å². The molecule has 148 valence electrons. The Morgan fingerprint density at radius 3 is 2.76 bits per heavy atom. The number of ether oxygens (including phenoxy) is 1. The number of para-hydroxylation sites is 1. The van der Waals surface area contributed by atoms with Crippen LogP contribution in [0.4, 0.5) is 0 Å². The van der Waals surface area contributed by atoms with E-state index in [2.05, 4.69) is 39.4 Å². The monoisotopic (exact) mass is 407 g/mol. The van der Waals surface area contributed by atoms with E-state index in [0.717, 1.165) is 28.0 Å². The number of hydrogen-bond acceptors (Lipinski definition) is 7. The van der Waals surface area contributed by atoms with Crippen LogP contribution in [0.15, 0.2) is 58.2 Å². The minimum absolute atomic E-state index is 0.494. The van der Waals surface area contributed by atoms with Crippen LogP contribution in [0, 0.1) is 13.8 Å². The number of hydrogen-bond donors (Lipinski definition) is 0. The Kier molecular flexibility index (Phi) is 5.62. The summed E-state index contributed by atoms with van der Waals surface area (Å²) >= 11 is 1.51. The van der Waals surface area contributed by atoms with Crippen LogP contribution >= 0.6 is 11.8 Å². The highest BCUT2D eigenvalue weighted by molar-refractivity contribution is 7.98. The zero-order chi connectivity index (χ0) is 20.2. The predicted molar refractivity (Wildman–Crippen MR) is 111 cm³/mol. The van der Waals surface area contributed by atoms with Gasteiger partial charge < -0.3 is 9.26 Å². The molecule has 0 bridgehead atoms. The number of aryl methyl sites for hydroxylation is 2. The molecule has 4 aromatic rings. The summed E-state index contributed by atoms with van der Waals surface area (Å²) in [6, 6.07) is 15.9. The number of aromatic nitrogens is 5. The van der Waals surface area contributed by atoms with Crippen LogP contribution in [-0.2, 0) is 5.75 Å². The molecule has 0 amide bonds. The fourth-order valence-corrected chi connectivity index (χ4v) is 3.82. The molecule has 0 saturated carbocycles. The maximum Gasteiger partial charge on any atom is 0.237 e. The molecule has 0 aliphatic carbocycles. The van der Waals surface area contributed by atoms with Gasteiger partial charge in [0.2, 0.25) is 11.7 Å². The predicted octanol–water partition coefficient (Wildman–Crippen LogP) is 4.63. The second kappa shape index (κ2) is 8.48. The summed E-state index contributed by atoms with van der Waals surface area (Å²) in [6.07, 6.45) is 0. The molecule has 4 rings (SSSR count). The van der Waals surface area contributed by atoms with Crippen molar-refractivity contribution in [2.45, 2.75) is 31.7 Å². The van der Waals surface area contributed by atoms with Gasteiger partial charge in [-0.2, -0.15) is 4.98 Å². The van der Waals surface area contributed by atoms with Crippen LogP contribution in [0.25, 0.3) is 17.1 Å². The zero-order valence-corrected chi connectivity index (χ0v) is 17.3. The Morgan fingerprint density at radius 1 is 1.07 bits per heavy atom. The lowest BCUT2D eigenvalue weighted by molar-refractivity contribution is 0.341. The highest BCUT2D eigenvalue weighted by Gasteiger charge is 2.16. The maximum atomic E-state index is 5.66. The number of benzene rings is 2. The van der Waals surface area contributed by atoms with E-state index >= 15 is 0 Å². The smallest absolute Gasteiger partial charge is 0.237 e. The molecule has 0 spiro atoms. The summed E-state index contributed by atoms with van der Waals surface area (Å²) in [7, 11) is 0. The van der Waals surface area contributed by atoms with Crippen molar-refractivity contribution in [2.75, 3.05) is 6.61 Å². The quantitative estimate of drug-likeness (QED) is 0.413. The van der Waals surface area contributed by atoms with Gasteiger partial charge in [-0.05, 0) is 50.6 Å². The number of nitrogens with zero attached hydrogens (tertiary/aromatic N) is 5. The van der Waals surface area contributed by atoms with Gasteiger partial charge in [-0.1, -0.05) is 41.2 Å². The molecule has 0 atom stereocenters. The molecule has 8 heteroatoms. The minimum atomic E-state index is 0.494. The third-order valence-corrected chi connectivity index (χ3v) is 5.19. The van der Waals surface area contributed by atoms with Gasteiger partial charge in [0.1, 0.15) is 11.6 Å². The van der Waals surface area contributed by atoms with E-state index in [1.165, 1.54) is 17.3 Å². The van der Waals surface area contributed by atoms with E-state index < -0.39 is 0 Å². The SMILES string of the molecule is CCOc1ccccc1-c1noc(CSc2nnc(C)n2-c2cccc(C)c2)n1. The molecule has 0 unspecified atom stereocenters. The van der Waals surface area contributed by atoms with E-state index in [1.54, 1.807) is 0 Å². The number of thioether (sulfide) groups is 1. The molecular weight excluding hydrogens is 386 g/mol. The standard InChI is InChI=1S/C21H21N5O2S/c1-4-27-18-11-6-5-10-17(18)20-22-19(28-25-20)13-29-21-24-23-15(3)26(21)16-9-7-8-14(2)12-16/h5-12H,4,13H2,1-3H3. The van der Waals surface area contributed by atoms with Gasteiger partial charge in [0.25, 0.3) is 0 Å². The second-order valence-electron chi connectivity index (χ2n) is 6.43. The Labute approximate surface area is 173 Å². The average molecular weight is 407 g/mol. The maximum absolute atomic E-state index is 5.66. The first-order valence-electron chi connectivity index (χ1n) is 9.32. The van der Waals surface area contributed by atoms with Crippen molar-refractivity contribution < 1.29 is 9.26 Å². The van der Waals surface area contributed by atoms with E-state index in [4.69, 9.17) is 9.26 Å². The normalized spacial score (nSPS) is 11.0. The van der Waals surface area contributed by atoms with Gasteiger partial charge in [-0.15, -0.1) is 10.2 Å². The van der Waals surface area contributed by atoms with Crippen LogP contribution in [-0.4, -0.2) is 31.5 Å². The van der Waals surface area contributed by atoms with Crippen LogP contribution in [0.3, 0.4) is 0 Å². The van der Waals surface area contributed by atoms with Gasteiger partial charge in [0.05, 0.1) is 17.9 Å². The van der Waals surface area contributed by atoms with Crippen molar-refractivity contribution in [1.82, 2.24) is 24.9 Å². The first-order chi connectivity index (χ1) is 14.2. The molecule has 0 fully saturated rings. The highest BCUT2D eigenvalue weighted by atomic mass is 32.2. The molecule has 2 aromatic heterocycles. The van der Waals surface area contributed by atoms with E-state index in [1.807, 2.05) is 54.8 Å². The van der Waals surface area contributed by atoms with E-state index in [-0.39, 0.29) is 0 Å². The van der Waals surface area contributed by atoms with Crippen molar-refractivity contribution in [2.24, 2.45) is 0 Å². The van der Waals surface area contributed by atoms with Gasteiger partial charge in [0.15, 0.2) is 5.16 Å². The molecule has 0 aliphatic heterocycles. The Bertz CT molecular complexity index is 1120. The third kappa shape index (κ3) is 4.17. The fourth-order valence-electron chi connectivity index (χ4n) is 2.98. The van der Waals surface area contributed by atoms with Crippen molar-refractivity contribution in [3.05, 3.63) is 65.8 Å². The van der Waals surface area contributed by atoms with Crippen LogP contribution < -0.4 is 4.74 Å². The molecule has 7 nitrogen and oxygen atoms in total. The molecule has 2 aromatic carbocycles. The lowest BCUT2D eigenvalue weighted by atomic mass is 10.2. The van der Waals surface area contributed by atoms with Crippen molar-refractivity contribution in [1.29, 1.82) is 0 Å². The van der Waals surface area contributed by atoms with Crippen molar-refractivity contribution in [3.8, 4) is 22.8 Å². The van der Waals surface area contributed by atoms with Crippen molar-refractivity contribution in [3.63, 3.8) is 0 Å². The highest BCUT2D eigenvalue weighted by Crippen LogP contribution is 2.29. The van der Waals surface area contributed by atoms with Gasteiger partial charge in [0, 0.05) is 5.69 Å². The zero-order valence-electron chi connectivity index (χ0n) is 16.5. The summed E-state index contributed by atoms with van der Waals surface area (Å²) in [5.74, 6) is 3.10. The number of rotatable bonds is 7. The molecule has 0 aliphatic rings. The molecule has 29 heavy (non-hydrogen) atoms. The summed E-state index contributed by atoms with van der Waals surface area (Å²) in [6.45, 7) is 6.53. The lowest BCUT2D eigenvalue weighted by Crippen LogP contribution is -1.99. The van der Waals surface area contributed by atoms with Crippen LogP contribution in [0.5, 0.6) is 5.75 Å². The average Bonchev–Trinajstić information content (AvgIpc) is 3.33. The van der Waals surface area contributed by atoms with E-state index in [0.29, 0.717) is 24.1 Å². The fraction of sp³-hybridized carbons (Fsp3) is 0.238. The molecule has 0 N–H and O–H groups in total. The summed E-state index contributed by atoms with van der Waals surface area (Å²) in [4.78, 5) is 4.53. The lowest BCUT2D eigenvalue weighted by Gasteiger charge is -2.08. The largest absolute Gasteiger partial charge is 0.493 e. The third-order valence-electron chi connectivity index (χ3n) is 4.28. The molecular formula is C21H21N5O2S. The molecule has 2 heterocycles. The Balaban J connectivity index is 1.53. The van der Waals surface area contributed by atoms with Crippen LogP contribution in [0.2, 0.25) is 0 Å². The summed E-state index contributed by atoms with van der Waals surface area (Å²) in [5, 5.41) is 13.4. The molecule has 0 saturated heterocycles. The topological polar surface area (TPSA) is 78.9 Å². The van der Waals surface area contributed by atoms with Gasteiger partial charge in [-0.3, -0.25) is 4.57 Å². The van der Waals surface area contributed by atoms with E-state index in [9.17, 15) is 0 Å². The Morgan fingerprint density at radius 2 is 1.93 bits per heavy atom. The summed E-state index contributed by atoms with van der Waals surface area (Å²) in [5.41, 5.74) is 3.03. The van der Waals surface area contributed by atoms with Crippen LogP contribution in [0.1, 0.15) is 24.2 Å². The minimum Gasteiger partial charge on any atom is -0.493 e. The van der Waals surface area contributed by atoms with Crippen molar-refractivity contribution >= 4 is 11.8 Å². The summed E-state index contributed by atoms with van der Waals surface area (Å²) < 4.78 is 13.1.